The molecule has 2 saturated carbocycles. The van der Waals surface area contributed by atoms with Gasteiger partial charge in [-0.05, 0) is 23.3 Å². The highest BCUT2D eigenvalue weighted by Gasteiger charge is 2.76. The summed E-state index contributed by atoms with van der Waals surface area (Å²) in [6.07, 6.45) is 2.23. The van der Waals surface area contributed by atoms with E-state index >= 15 is 0 Å². The number of hydrogen-bond acceptors (Lipinski definition) is 2. The van der Waals surface area contributed by atoms with Gasteiger partial charge in [-0.15, -0.1) is 0 Å². The molecule has 86 valence electrons. The predicted molar refractivity (Wildman–Crippen MR) is 60.7 cm³/mol. The molecular formula is C14H18O2. The minimum Gasteiger partial charge on any atom is -0.295 e. The topological polar surface area (TPSA) is 34.1 Å². The normalized spacial score (nSPS) is 48.5. The van der Waals surface area contributed by atoms with Crippen LogP contribution in [0.25, 0.3) is 0 Å². The highest BCUT2D eigenvalue weighted by molar-refractivity contribution is 6.10. The molecule has 2 fully saturated rings. The van der Waals surface area contributed by atoms with Gasteiger partial charge in [-0.2, -0.15) is 0 Å². The Morgan fingerprint density at radius 2 is 1.88 bits per heavy atom. The average Bonchev–Trinajstić information content (AvgIpc) is 2.64. The summed E-state index contributed by atoms with van der Waals surface area (Å²) < 4.78 is 0. The number of carbonyl (C=O) groups excluding carboxylic acids is 2. The smallest absolute Gasteiger partial charge is 0.163 e. The Kier molecular flexibility index (Phi) is 1.60. The van der Waals surface area contributed by atoms with Gasteiger partial charge in [-0.3, -0.25) is 9.59 Å². The fourth-order valence-electron chi connectivity index (χ4n) is 4.38. The van der Waals surface area contributed by atoms with Gasteiger partial charge in [0.25, 0.3) is 0 Å². The van der Waals surface area contributed by atoms with E-state index in [1.807, 2.05) is 0 Å². The summed E-state index contributed by atoms with van der Waals surface area (Å²) in [6, 6.07) is 0. The molecule has 2 heteroatoms. The van der Waals surface area contributed by atoms with Gasteiger partial charge in [0.2, 0.25) is 0 Å². The number of Topliss-reactive ketones (excluding diaryl/α,β-unsaturated/α-hetero) is 1. The number of allylic oxidation sites excluding steroid dienone is 2. The van der Waals surface area contributed by atoms with Crippen LogP contribution in [0.3, 0.4) is 0 Å². The van der Waals surface area contributed by atoms with E-state index in [0.29, 0.717) is 18.3 Å². The van der Waals surface area contributed by atoms with Crippen molar-refractivity contribution in [3.05, 3.63) is 11.6 Å². The van der Waals surface area contributed by atoms with Gasteiger partial charge in [0, 0.05) is 23.3 Å². The standard InChI is InChI=1S/C14H18O2/c1-7-5-8(15)6-9-11(16)10-12(13(10,2)3)14(7,9)4/h6-7,10,12H,5H2,1-4H3/t7-,10?,12?,14+/m1/s1. The van der Waals surface area contributed by atoms with Crippen molar-refractivity contribution in [3.8, 4) is 0 Å². The summed E-state index contributed by atoms with van der Waals surface area (Å²) in [5.74, 6) is 1.32. The molecule has 0 bridgehead atoms. The van der Waals surface area contributed by atoms with Crippen LogP contribution in [0, 0.1) is 28.6 Å². The fraction of sp³-hybridized carbons (Fsp3) is 0.714. The lowest BCUT2D eigenvalue weighted by Crippen LogP contribution is -2.37. The Morgan fingerprint density at radius 1 is 1.25 bits per heavy atom. The molecule has 3 aliphatic carbocycles. The van der Waals surface area contributed by atoms with E-state index in [2.05, 4.69) is 27.7 Å². The molecule has 0 amide bonds. The maximum atomic E-state index is 12.3. The lowest BCUT2D eigenvalue weighted by atomic mass is 9.63. The van der Waals surface area contributed by atoms with Crippen molar-refractivity contribution >= 4 is 11.6 Å². The molecule has 0 radical (unpaired) electrons. The molecule has 3 rings (SSSR count). The van der Waals surface area contributed by atoms with Gasteiger partial charge < -0.3 is 0 Å². The van der Waals surface area contributed by atoms with E-state index in [1.165, 1.54) is 0 Å². The molecule has 0 aromatic rings. The zero-order chi connectivity index (χ0) is 11.9. The van der Waals surface area contributed by atoms with Gasteiger partial charge in [0.15, 0.2) is 11.6 Å². The van der Waals surface area contributed by atoms with Crippen LogP contribution in [0.1, 0.15) is 34.1 Å². The summed E-state index contributed by atoms with van der Waals surface area (Å²) >= 11 is 0. The van der Waals surface area contributed by atoms with Crippen LogP contribution in [-0.4, -0.2) is 11.6 Å². The van der Waals surface area contributed by atoms with Crippen molar-refractivity contribution in [3.63, 3.8) is 0 Å². The van der Waals surface area contributed by atoms with Crippen LogP contribution < -0.4 is 0 Å². The van der Waals surface area contributed by atoms with Gasteiger partial charge >= 0.3 is 0 Å². The second-order valence-corrected chi connectivity index (χ2v) is 6.55. The molecule has 2 unspecified atom stereocenters. The van der Waals surface area contributed by atoms with Crippen molar-refractivity contribution in [2.75, 3.05) is 0 Å². The van der Waals surface area contributed by atoms with Crippen molar-refractivity contribution in [2.24, 2.45) is 28.6 Å². The van der Waals surface area contributed by atoms with Crippen molar-refractivity contribution < 1.29 is 9.59 Å². The highest BCUT2D eigenvalue weighted by Crippen LogP contribution is 2.76. The first kappa shape index (κ1) is 10.2. The van der Waals surface area contributed by atoms with Crippen LogP contribution in [-0.2, 0) is 9.59 Å². The van der Waals surface area contributed by atoms with E-state index in [9.17, 15) is 9.59 Å². The van der Waals surface area contributed by atoms with Crippen LogP contribution in [0.4, 0.5) is 0 Å². The Hall–Kier alpha value is -0.920. The van der Waals surface area contributed by atoms with Crippen LogP contribution in [0.15, 0.2) is 11.6 Å². The van der Waals surface area contributed by atoms with Crippen LogP contribution in [0.2, 0.25) is 0 Å². The van der Waals surface area contributed by atoms with E-state index in [4.69, 9.17) is 0 Å². The molecule has 0 saturated heterocycles. The van der Waals surface area contributed by atoms with E-state index in [-0.39, 0.29) is 28.3 Å². The quantitative estimate of drug-likeness (QED) is 0.625. The summed E-state index contributed by atoms with van der Waals surface area (Å²) in [5, 5.41) is 0. The second-order valence-electron chi connectivity index (χ2n) is 6.55. The minimum atomic E-state index is -0.0425. The van der Waals surface area contributed by atoms with Crippen LogP contribution in [0.5, 0.6) is 0 Å². The Morgan fingerprint density at radius 3 is 2.50 bits per heavy atom. The maximum Gasteiger partial charge on any atom is 0.163 e. The Bertz CT molecular complexity index is 444. The Balaban J connectivity index is 2.16. The highest BCUT2D eigenvalue weighted by atomic mass is 16.1. The number of rotatable bonds is 0. The zero-order valence-electron chi connectivity index (χ0n) is 10.3. The second kappa shape index (κ2) is 2.49. The molecular weight excluding hydrogens is 200 g/mol. The summed E-state index contributed by atoms with van der Waals surface area (Å²) in [4.78, 5) is 23.8. The minimum absolute atomic E-state index is 0.0425. The van der Waals surface area contributed by atoms with Gasteiger partial charge in [-0.1, -0.05) is 27.7 Å². The SMILES string of the molecule is C[C@@H]1CC(=O)C=C2C(=O)C3C(C3(C)C)[C@]21C. The zero-order valence-corrected chi connectivity index (χ0v) is 10.3. The van der Waals surface area contributed by atoms with Gasteiger partial charge in [0.05, 0.1) is 0 Å². The molecule has 0 N–H and O–H groups in total. The molecule has 3 aliphatic rings. The summed E-state index contributed by atoms with van der Waals surface area (Å²) in [6.45, 7) is 8.68. The first-order chi connectivity index (χ1) is 7.31. The third-order valence-electron chi connectivity index (χ3n) is 5.44. The lowest BCUT2D eigenvalue weighted by molar-refractivity contribution is -0.120. The monoisotopic (exact) mass is 218 g/mol. The van der Waals surface area contributed by atoms with Crippen LogP contribution >= 0.6 is 0 Å². The average molecular weight is 218 g/mol. The van der Waals surface area contributed by atoms with Gasteiger partial charge in [0.1, 0.15) is 0 Å². The summed E-state index contributed by atoms with van der Waals surface area (Å²) in [7, 11) is 0. The number of fused-ring (bicyclic) bond motifs is 3. The van der Waals surface area contributed by atoms with E-state index < -0.39 is 0 Å². The first-order valence-electron chi connectivity index (χ1n) is 6.10. The maximum absolute atomic E-state index is 12.3. The van der Waals surface area contributed by atoms with E-state index in [0.717, 1.165) is 5.57 Å². The largest absolute Gasteiger partial charge is 0.295 e. The third-order valence-corrected chi connectivity index (χ3v) is 5.44. The first-order valence-corrected chi connectivity index (χ1v) is 6.10. The van der Waals surface area contributed by atoms with Crippen molar-refractivity contribution in [1.82, 2.24) is 0 Å². The van der Waals surface area contributed by atoms with Crippen molar-refractivity contribution in [2.45, 2.75) is 34.1 Å². The number of carbonyl (C=O) groups is 2. The third kappa shape index (κ3) is 0.861. The molecule has 0 aliphatic heterocycles. The molecule has 0 aromatic carbocycles. The van der Waals surface area contributed by atoms with E-state index in [1.54, 1.807) is 6.08 Å². The van der Waals surface area contributed by atoms with Gasteiger partial charge in [-0.25, -0.2) is 0 Å². The molecule has 16 heavy (non-hydrogen) atoms. The van der Waals surface area contributed by atoms with Crippen molar-refractivity contribution in [1.29, 1.82) is 0 Å². The fourth-order valence-corrected chi connectivity index (χ4v) is 4.38. The molecule has 2 nitrogen and oxygen atoms in total. The lowest BCUT2D eigenvalue weighted by Gasteiger charge is -2.39. The molecule has 0 aromatic heterocycles. The number of ketones is 2. The predicted octanol–water partition coefficient (Wildman–Crippen LogP) is 2.38. The summed E-state index contributed by atoms with van der Waals surface area (Å²) in [5.41, 5.74) is 0.933. The molecule has 0 heterocycles. The molecule has 4 atom stereocenters. The number of hydrogen-bond donors (Lipinski definition) is 0. The molecule has 0 spiro atoms. The Labute approximate surface area is 96.1 Å².